The second kappa shape index (κ2) is 4.89. The van der Waals surface area contributed by atoms with Gasteiger partial charge in [-0.3, -0.25) is 4.57 Å². The molecule has 2 rings (SSSR count). The number of H-pyrrole nitrogens is 1. The number of benzene rings is 1. The molecule has 0 aliphatic carbocycles. The molecule has 0 amide bonds. The van der Waals surface area contributed by atoms with Crippen LogP contribution in [0, 0.1) is 0 Å². The number of aromatic nitrogens is 2. The van der Waals surface area contributed by atoms with Crippen molar-refractivity contribution in [2.75, 3.05) is 12.0 Å². The summed E-state index contributed by atoms with van der Waals surface area (Å²) in [6, 6.07) is 4.74. The predicted octanol–water partition coefficient (Wildman–Crippen LogP) is 1.95. The van der Waals surface area contributed by atoms with E-state index in [-0.39, 0.29) is 17.3 Å². The van der Waals surface area contributed by atoms with Crippen molar-refractivity contribution in [3.8, 4) is 0 Å². The molecule has 0 spiro atoms. The Bertz CT molecular complexity index is 644. The number of imidazole rings is 1. The highest BCUT2D eigenvalue weighted by Crippen LogP contribution is 2.18. The Hall–Kier alpha value is -1.69. The fraction of sp³-hybridized carbons (Fsp3) is 0.333. The van der Waals surface area contributed by atoms with Crippen molar-refractivity contribution in [2.24, 2.45) is 0 Å². The van der Waals surface area contributed by atoms with Crippen molar-refractivity contribution in [2.45, 2.75) is 13.0 Å². The maximum Gasteiger partial charge on any atom is 0.335 e. The minimum Gasteiger partial charge on any atom is -0.478 e. The van der Waals surface area contributed by atoms with Gasteiger partial charge in [0.05, 0.1) is 16.6 Å². The first-order valence-electron chi connectivity index (χ1n) is 5.51. The molecule has 2 aromatic rings. The summed E-state index contributed by atoms with van der Waals surface area (Å²) in [4.78, 5) is 25.5. The van der Waals surface area contributed by atoms with Crippen LogP contribution in [0.15, 0.2) is 23.0 Å². The summed E-state index contributed by atoms with van der Waals surface area (Å²) in [5.74, 6) is -0.171. The van der Waals surface area contributed by atoms with Gasteiger partial charge in [0.1, 0.15) is 0 Å². The maximum atomic E-state index is 11.9. The van der Waals surface area contributed by atoms with Gasteiger partial charge in [-0.1, -0.05) is 0 Å². The van der Waals surface area contributed by atoms with E-state index in [1.54, 1.807) is 22.4 Å². The van der Waals surface area contributed by atoms with Gasteiger partial charge in [0, 0.05) is 11.8 Å². The number of aromatic carboxylic acids is 1. The fourth-order valence-corrected chi connectivity index (χ4v) is 2.65. The number of hydrogen-bond acceptors (Lipinski definition) is 3. The third kappa shape index (κ3) is 2.15. The highest BCUT2D eigenvalue weighted by atomic mass is 32.2. The van der Waals surface area contributed by atoms with E-state index in [2.05, 4.69) is 4.98 Å². The van der Waals surface area contributed by atoms with E-state index in [4.69, 9.17) is 5.11 Å². The van der Waals surface area contributed by atoms with E-state index in [0.717, 1.165) is 11.3 Å². The molecule has 0 aliphatic heterocycles. The van der Waals surface area contributed by atoms with Crippen molar-refractivity contribution in [1.82, 2.24) is 9.55 Å². The van der Waals surface area contributed by atoms with Gasteiger partial charge < -0.3 is 10.1 Å². The van der Waals surface area contributed by atoms with Crippen molar-refractivity contribution < 1.29 is 9.90 Å². The highest BCUT2D eigenvalue weighted by molar-refractivity contribution is 7.98. The van der Waals surface area contributed by atoms with Crippen LogP contribution in [-0.4, -0.2) is 32.6 Å². The van der Waals surface area contributed by atoms with Crippen LogP contribution in [0.2, 0.25) is 0 Å². The molecule has 0 saturated heterocycles. The summed E-state index contributed by atoms with van der Waals surface area (Å²) in [6.45, 7) is 1.97. The van der Waals surface area contributed by atoms with Gasteiger partial charge in [0.25, 0.3) is 0 Å². The Labute approximate surface area is 108 Å². The molecule has 0 bridgehead atoms. The summed E-state index contributed by atoms with van der Waals surface area (Å²) in [6.07, 6.45) is 1.99. The van der Waals surface area contributed by atoms with E-state index >= 15 is 0 Å². The molecule has 1 aromatic heterocycles. The standard InChI is InChI=1S/C12H14N2O3S/c1-7(6-18-2)14-10-4-3-8(11(15)16)5-9(10)13-12(14)17/h3-5,7H,6H2,1-2H3,(H,13,17)(H,15,16). The molecule has 1 atom stereocenters. The molecule has 18 heavy (non-hydrogen) atoms. The van der Waals surface area contributed by atoms with Gasteiger partial charge in [-0.2, -0.15) is 11.8 Å². The quantitative estimate of drug-likeness (QED) is 0.887. The molecule has 0 saturated carbocycles. The lowest BCUT2D eigenvalue weighted by Crippen LogP contribution is -2.21. The second-order valence-corrected chi connectivity index (χ2v) is 5.05. The summed E-state index contributed by atoms with van der Waals surface area (Å²) in [7, 11) is 0. The van der Waals surface area contributed by atoms with Crippen molar-refractivity contribution in [3.05, 3.63) is 34.2 Å². The van der Waals surface area contributed by atoms with Gasteiger partial charge in [0.15, 0.2) is 0 Å². The van der Waals surface area contributed by atoms with Crippen LogP contribution in [0.4, 0.5) is 0 Å². The number of hydrogen-bond donors (Lipinski definition) is 2. The average molecular weight is 266 g/mol. The number of aromatic amines is 1. The van der Waals surface area contributed by atoms with Gasteiger partial charge >= 0.3 is 11.7 Å². The first kappa shape index (κ1) is 12.8. The molecule has 1 aromatic carbocycles. The molecule has 96 valence electrons. The molecule has 1 unspecified atom stereocenters. The second-order valence-electron chi connectivity index (χ2n) is 4.14. The largest absolute Gasteiger partial charge is 0.478 e. The monoisotopic (exact) mass is 266 g/mol. The Kier molecular flexibility index (Phi) is 3.47. The summed E-state index contributed by atoms with van der Waals surface area (Å²) in [5, 5.41) is 8.91. The van der Waals surface area contributed by atoms with Crippen LogP contribution in [0.5, 0.6) is 0 Å². The minimum absolute atomic E-state index is 0.0666. The summed E-state index contributed by atoms with van der Waals surface area (Å²) < 4.78 is 1.66. The van der Waals surface area contributed by atoms with E-state index in [1.165, 1.54) is 12.1 Å². The molecular formula is C12H14N2O3S. The van der Waals surface area contributed by atoms with Gasteiger partial charge in [-0.25, -0.2) is 9.59 Å². The molecule has 0 aliphatic rings. The van der Waals surface area contributed by atoms with E-state index in [1.807, 2.05) is 13.2 Å². The number of carboxylic acids is 1. The number of nitrogens with one attached hydrogen (secondary N) is 1. The number of rotatable bonds is 4. The van der Waals surface area contributed by atoms with E-state index in [9.17, 15) is 9.59 Å². The van der Waals surface area contributed by atoms with Crippen molar-refractivity contribution in [3.63, 3.8) is 0 Å². The van der Waals surface area contributed by atoms with Crippen molar-refractivity contribution >= 4 is 28.8 Å². The number of fused-ring (bicyclic) bond motifs is 1. The number of thioether (sulfide) groups is 1. The molecule has 1 heterocycles. The zero-order chi connectivity index (χ0) is 13.3. The van der Waals surface area contributed by atoms with Crippen LogP contribution >= 0.6 is 11.8 Å². The van der Waals surface area contributed by atoms with E-state index < -0.39 is 5.97 Å². The van der Waals surface area contributed by atoms with Crippen LogP contribution in [-0.2, 0) is 0 Å². The lowest BCUT2D eigenvalue weighted by Gasteiger charge is -2.11. The van der Waals surface area contributed by atoms with Crippen molar-refractivity contribution in [1.29, 1.82) is 0 Å². The molecule has 0 radical (unpaired) electrons. The van der Waals surface area contributed by atoms with Crippen LogP contribution in [0.25, 0.3) is 11.0 Å². The molecule has 0 fully saturated rings. The lowest BCUT2D eigenvalue weighted by atomic mass is 10.2. The molecule has 2 N–H and O–H groups in total. The Morgan fingerprint density at radius 3 is 2.89 bits per heavy atom. The molecule has 5 nitrogen and oxygen atoms in total. The third-order valence-electron chi connectivity index (χ3n) is 2.81. The molecular weight excluding hydrogens is 252 g/mol. The normalized spacial score (nSPS) is 12.8. The smallest absolute Gasteiger partial charge is 0.335 e. The zero-order valence-electron chi connectivity index (χ0n) is 10.1. The number of carboxylic acid groups (broad SMARTS) is 1. The maximum absolute atomic E-state index is 11.9. The first-order chi connectivity index (χ1) is 8.54. The third-order valence-corrected chi connectivity index (χ3v) is 3.63. The zero-order valence-corrected chi connectivity index (χ0v) is 11.0. The van der Waals surface area contributed by atoms with Gasteiger partial charge in [0.2, 0.25) is 0 Å². The predicted molar refractivity (Wildman–Crippen MR) is 72.6 cm³/mol. The van der Waals surface area contributed by atoms with Crippen LogP contribution in [0.3, 0.4) is 0 Å². The Morgan fingerprint density at radius 1 is 1.56 bits per heavy atom. The first-order valence-corrected chi connectivity index (χ1v) is 6.90. The summed E-state index contributed by atoms with van der Waals surface area (Å²) in [5.41, 5.74) is 1.28. The number of carbonyl (C=O) groups is 1. The molecule has 6 heteroatoms. The average Bonchev–Trinajstić information content (AvgIpc) is 2.63. The van der Waals surface area contributed by atoms with Gasteiger partial charge in [-0.05, 0) is 31.4 Å². The summed E-state index contributed by atoms with van der Waals surface area (Å²) >= 11 is 1.67. The van der Waals surface area contributed by atoms with Gasteiger partial charge in [-0.15, -0.1) is 0 Å². The Balaban J connectivity index is 2.59. The van der Waals surface area contributed by atoms with Crippen LogP contribution in [0.1, 0.15) is 23.3 Å². The Morgan fingerprint density at radius 2 is 2.28 bits per heavy atom. The highest BCUT2D eigenvalue weighted by Gasteiger charge is 2.14. The lowest BCUT2D eigenvalue weighted by molar-refractivity contribution is 0.0697. The van der Waals surface area contributed by atoms with E-state index in [0.29, 0.717) is 5.52 Å². The van der Waals surface area contributed by atoms with Crippen LogP contribution < -0.4 is 5.69 Å². The number of nitrogens with zero attached hydrogens (tertiary/aromatic N) is 1. The minimum atomic E-state index is -0.998. The fourth-order valence-electron chi connectivity index (χ4n) is 2.02. The topological polar surface area (TPSA) is 75.1 Å². The SMILES string of the molecule is CSCC(C)n1c(=O)[nH]c2cc(C(=O)O)ccc21.